The molecule has 0 saturated heterocycles. The van der Waals surface area contributed by atoms with Crippen LogP contribution in [-0.2, 0) is 0 Å². The summed E-state index contributed by atoms with van der Waals surface area (Å²) in [5, 5.41) is 4.01. The average Bonchev–Trinajstić information content (AvgIpc) is 2.07. The number of halogens is 3. The molecule has 0 atom stereocenters. The number of hydrogen-bond acceptors (Lipinski definition) is 1. The van der Waals surface area contributed by atoms with Crippen LogP contribution in [-0.4, -0.2) is 13.4 Å². The van der Waals surface area contributed by atoms with Gasteiger partial charge in [0.25, 0.3) is 0 Å². The molecule has 0 aliphatic rings. The maximum absolute atomic E-state index is 5.78. The van der Waals surface area contributed by atoms with Gasteiger partial charge in [0.15, 0.2) is 0 Å². The van der Waals surface area contributed by atoms with Crippen molar-refractivity contribution in [1.82, 2.24) is 0 Å². The largest absolute Gasteiger partial charge is 0.347 e. The fourth-order valence-corrected chi connectivity index (χ4v) is 1.02. The Hall–Kier alpha value is -0.440. The molecule has 0 fully saturated rings. The van der Waals surface area contributed by atoms with Gasteiger partial charge in [0.05, 0.1) is 16.4 Å². The Balaban J connectivity index is 0.00000144. The van der Waals surface area contributed by atoms with E-state index in [-0.39, 0.29) is 12.4 Å². The molecule has 2 nitrogen and oxygen atoms in total. The summed E-state index contributed by atoms with van der Waals surface area (Å²) in [5.41, 5.74) is 0.870. The maximum atomic E-state index is 5.78. The molecule has 1 aromatic carbocycles. The predicted molar refractivity (Wildman–Crippen MR) is 61.7 cm³/mol. The summed E-state index contributed by atoms with van der Waals surface area (Å²) in [5.74, 6) is 0. The van der Waals surface area contributed by atoms with Crippen LogP contribution < -0.4 is 5.32 Å². The molecule has 1 aromatic rings. The highest BCUT2D eigenvalue weighted by atomic mass is 35.5. The van der Waals surface area contributed by atoms with Crippen LogP contribution in [0.2, 0.25) is 10.0 Å². The first-order chi connectivity index (χ1) is 5.74. The Morgan fingerprint density at radius 3 is 2.54 bits per heavy atom. The maximum Gasteiger partial charge on any atom is 0.0864 e. The number of hydrogen-bond donors (Lipinski definition) is 1. The van der Waals surface area contributed by atoms with Crippen molar-refractivity contribution in [2.45, 2.75) is 0 Å². The van der Waals surface area contributed by atoms with E-state index in [1.807, 2.05) is 6.07 Å². The van der Waals surface area contributed by atoms with Crippen LogP contribution in [0.1, 0.15) is 0 Å². The zero-order chi connectivity index (χ0) is 8.97. The van der Waals surface area contributed by atoms with Crippen molar-refractivity contribution in [2.75, 3.05) is 12.4 Å². The van der Waals surface area contributed by atoms with E-state index in [4.69, 9.17) is 23.2 Å². The Bertz CT molecular complexity index is 299. The van der Waals surface area contributed by atoms with E-state index in [9.17, 15) is 0 Å². The van der Waals surface area contributed by atoms with Gasteiger partial charge in [-0.2, -0.15) is 0 Å². The third kappa shape index (κ3) is 3.85. The Morgan fingerprint density at radius 1 is 1.31 bits per heavy atom. The Labute approximate surface area is 93.4 Å². The zero-order valence-corrected chi connectivity index (χ0v) is 9.25. The summed E-state index contributed by atoms with van der Waals surface area (Å²) in [6.07, 6.45) is 1.58. The number of benzene rings is 1. The van der Waals surface area contributed by atoms with Gasteiger partial charge in [0.2, 0.25) is 0 Å². The highest BCUT2D eigenvalue weighted by Gasteiger charge is 1.96. The van der Waals surface area contributed by atoms with Crippen molar-refractivity contribution in [2.24, 2.45) is 4.99 Å². The summed E-state index contributed by atoms with van der Waals surface area (Å²) in [6, 6.07) is 5.30. The van der Waals surface area contributed by atoms with E-state index in [0.717, 1.165) is 5.69 Å². The van der Waals surface area contributed by atoms with Crippen molar-refractivity contribution in [3.05, 3.63) is 28.2 Å². The van der Waals surface area contributed by atoms with Gasteiger partial charge in [0, 0.05) is 12.7 Å². The van der Waals surface area contributed by atoms with Crippen molar-refractivity contribution in [1.29, 1.82) is 0 Å². The number of anilines is 1. The van der Waals surface area contributed by atoms with E-state index >= 15 is 0 Å². The SMILES string of the molecule is CN=CNc1ccc(Cl)c(Cl)c1.Cl. The number of nitrogens with zero attached hydrogens (tertiary/aromatic N) is 1. The number of aliphatic imine (C=N–C) groups is 1. The first-order valence-electron chi connectivity index (χ1n) is 3.36. The van der Waals surface area contributed by atoms with Gasteiger partial charge in [-0.25, -0.2) is 0 Å². The normalized spacial score (nSPS) is 9.77. The molecule has 0 aliphatic heterocycles. The topological polar surface area (TPSA) is 24.4 Å². The van der Waals surface area contributed by atoms with Crippen molar-refractivity contribution in [3.63, 3.8) is 0 Å². The third-order valence-corrected chi connectivity index (χ3v) is 2.02. The van der Waals surface area contributed by atoms with Crippen LogP contribution in [0.4, 0.5) is 5.69 Å². The number of nitrogens with one attached hydrogen (secondary N) is 1. The van der Waals surface area contributed by atoms with Gasteiger partial charge in [-0.3, -0.25) is 4.99 Å². The van der Waals surface area contributed by atoms with Crippen LogP contribution >= 0.6 is 35.6 Å². The molecule has 0 radical (unpaired) electrons. The Kier molecular flexibility index (Phi) is 5.88. The van der Waals surface area contributed by atoms with E-state index < -0.39 is 0 Å². The Morgan fingerprint density at radius 2 is 2.00 bits per heavy atom. The fraction of sp³-hybridized carbons (Fsp3) is 0.125. The molecule has 0 unspecified atom stereocenters. The fourth-order valence-electron chi connectivity index (χ4n) is 0.725. The minimum atomic E-state index is 0. The standard InChI is InChI=1S/C8H8Cl2N2.ClH/c1-11-5-12-6-2-3-7(9)8(10)4-6;/h2-5H,1H3,(H,11,12);1H. The first-order valence-corrected chi connectivity index (χ1v) is 4.12. The molecule has 72 valence electrons. The molecule has 5 heteroatoms. The van der Waals surface area contributed by atoms with Gasteiger partial charge < -0.3 is 5.32 Å². The van der Waals surface area contributed by atoms with Crippen molar-refractivity contribution < 1.29 is 0 Å². The molecular formula is C8H9Cl3N2. The lowest BCUT2D eigenvalue weighted by atomic mass is 10.3. The molecule has 0 bridgehead atoms. The summed E-state index contributed by atoms with van der Waals surface area (Å²) < 4.78 is 0. The van der Waals surface area contributed by atoms with Gasteiger partial charge >= 0.3 is 0 Å². The molecule has 0 aliphatic carbocycles. The molecule has 0 spiro atoms. The monoisotopic (exact) mass is 238 g/mol. The third-order valence-electron chi connectivity index (χ3n) is 1.28. The summed E-state index contributed by atoms with van der Waals surface area (Å²) in [7, 11) is 1.69. The molecule has 1 N–H and O–H groups in total. The second-order valence-electron chi connectivity index (χ2n) is 2.16. The zero-order valence-electron chi connectivity index (χ0n) is 6.92. The predicted octanol–water partition coefficient (Wildman–Crippen LogP) is 3.49. The van der Waals surface area contributed by atoms with E-state index in [1.165, 1.54) is 0 Å². The molecular weight excluding hydrogens is 230 g/mol. The van der Waals surface area contributed by atoms with Crippen molar-refractivity contribution in [3.8, 4) is 0 Å². The lowest BCUT2D eigenvalue weighted by Gasteiger charge is -2.00. The molecule has 13 heavy (non-hydrogen) atoms. The van der Waals surface area contributed by atoms with Crippen LogP contribution in [0.5, 0.6) is 0 Å². The average molecular weight is 240 g/mol. The summed E-state index contributed by atoms with van der Waals surface area (Å²) in [6.45, 7) is 0. The lowest BCUT2D eigenvalue weighted by Crippen LogP contribution is -1.93. The van der Waals surface area contributed by atoms with Gasteiger partial charge in [-0.1, -0.05) is 23.2 Å². The second-order valence-corrected chi connectivity index (χ2v) is 2.97. The van der Waals surface area contributed by atoms with E-state index in [0.29, 0.717) is 10.0 Å². The minimum Gasteiger partial charge on any atom is -0.347 e. The summed E-state index contributed by atoms with van der Waals surface area (Å²) in [4.78, 5) is 3.77. The van der Waals surface area contributed by atoms with Crippen LogP contribution in [0.25, 0.3) is 0 Å². The van der Waals surface area contributed by atoms with E-state index in [1.54, 1.807) is 25.5 Å². The van der Waals surface area contributed by atoms with Crippen LogP contribution in [0, 0.1) is 0 Å². The molecule has 0 aromatic heterocycles. The highest BCUT2D eigenvalue weighted by molar-refractivity contribution is 6.42. The molecule has 0 heterocycles. The highest BCUT2D eigenvalue weighted by Crippen LogP contribution is 2.24. The molecule has 1 rings (SSSR count). The van der Waals surface area contributed by atoms with Crippen LogP contribution in [0.3, 0.4) is 0 Å². The van der Waals surface area contributed by atoms with Gasteiger partial charge in [0.1, 0.15) is 0 Å². The molecule has 0 amide bonds. The molecule has 0 saturated carbocycles. The smallest absolute Gasteiger partial charge is 0.0864 e. The first kappa shape index (κ1) is 12.6. The lowest BCUT2D eigenvalue weighted by molar-refractivity contribution is 1.46. The summed E-state index contributed by atoms with van der Waals surface area (Å²) >= 11 is 11.5. The van der Waals surface area contributed by atoms with Crippen molar-refractivity contribution >= 4 is 47.6 Å². The quantitative estimate of drug-likeness (QED) is 0.620. The van der Waals surface area contributed by atoms with E-state index in [2.05, 4.69) is 10.3 Å². The number of rotatable bonds is 2. The van der Waals surface area contributed by atoms with Gasteiger partial charge in [-0.05, 0) is 18.2 Å². The second kappa shape index (κ2) is 6.08. The minimum absolute atomic E-state index is 0. The van der Waals surface area contributed by atoms with Gasteiger partial charge in [-0.15, -0.1) is 12.4 Å². The van der Waals surface area contributed by atoms with Crippen LogP contribution in [0.15, 0.2) is 23.2 Å².